The zero-order valence-electron chi connectivity index (χ0n) is 8.27. The minimum Gasteiger partial charge on any atom is -0.742 e. The van der Waals surface area contributed by atoms with Crippen LogP contribution in [0.15, 0.2) is 41.8 Å². The van der Waals surface area contributed by atoms with Gasteiger partial charge in [0, 0.05) is 18.1 Å². The summed E-state index contributed by atoms with van der Waals surface area (Å²) in [6, 6.07) is 8.10. The van der Waals surface area contributed by atoms with Gasteiger partial charge in [-0.1, -0.05) is 18.2 Å². The van der Waals surface area contributed by atoms with Crippen LogP contribution < -0.4 is 18.9 Å². The van der Waals surface area contributed by atoms with Crippen LogP contribution >= 0.6 is 0 Å². The Bertz CT molecular complexity index is 426. The number of hydrogen-bond donors (Lipinski definition) is 0. The van der Waals surface area contributed by atoms with E-state index in [1.165, 1.54) is 5.56 Å². The predicted octanol–water partition coefficient (Wildman–Crippen LogP) is -0.909. The summed E-state index contributed by atoms with van der Waals surface area (Å²) in [7, 11) is 0. The van der Waals surface area contributed by atoms with E-state index in [2.05, 4.69) is 18.0 Å². The van der Waals surface area contributed by atoms with Crippen molar-refractivity contribution in [3.8, 4) is 5.69 Å². The van der Waals surface area contributed by atoms with E-state index in [4.69, 9.17) is 12.6 Å². The number of hydrogen-bond acceptors (Lipinski definition) is 2. The summed E-state index contributed by atoms with van der Waals surface area (Å²) >= 11 is 5.08. The molecule has 0 aliphatic heterocycles. The molecule has 1 aromatic heterocycles. The van der Waals surface area contributed by atoms with Crippen LogP contribution in [0.25, 0.3) is 5.69 Å². The molecule has 0 amide bonds. The summed E-state index contributed by atoms with van der Waals surface area (Å²) in [6.07, 6.45) is 3.60. The van der Waals surface area contributed by atoms with Gasteiger partial charge in [-0.25, -0.2) is 0 Å². The average Bonchev–Trinajstić information content (AvgIpc) is 2.52. The van der Waals surface area contributed by atoms with E-state index in [0.717, 1.165) is 5.69 Å². The molecule has 0 unspecified atom stereocenters. The van der Waals surface area contributed by atoms with Crippen molar-refractivity contribution in [3.05, 3.63) is 42.2 Å². The van der Waals surface area contributed by atoms with E-state index in [9.17, 15) is 0 Å². The minimum absolute atomic E-state index is 0. The maximum atomic E-state index is 5.08. The van der Waals surface area contributed by atoms with E-state index in [1.807, 2.05) is 29.0 Å². The second-order valence-corrected chi connectivity index (χ2v) is 3.23. The average molecular weight is 196 g/mol. The molecule has 0 atom stereocenters. The number of aryl methyl sites for hydroxylation is 1. The summed E-state index contributed by atoms with van der Waals surface area (Å²) in [5.74, 6) is 0. The first kappa shape index (κ1) is 11.3. The fourth-order valence-electron chi connectivity index (χ4n) is 1.31. The molecule has 0 aliphatic carbocycles. The molecule has 0 saturated heterocycles. The first-order valence-corrected chi connectivity index (χ1v) is 4.46. The van der Waals surface area contributed by atoms with Gasteiger partial charge in [-0.3, -0.25) is 4.98 Å². The maximum Gasteiger partial charge on any atom is 1.00 e. The smallest absolute Gasteiger partial charge is 0.742 e. The van der Waals surface area contributed by atoms with E-state index in [0.29, 0.717) is 5.16 Å². The van der Waals surface area contributed by atoms with Gasteiger partial charge in [0.25, 0.3) is 0 Å². The molecule has 2 aromatic rings. The van der Waals surface area contributed by atoms with Crippen LogP contribution in [0.2, 0.25) is 0 Å². The Kier molecular flexibility index (Phi) is 3.76. The molecule has 0 fully saturated rings. The summed E-state index contributed by atoms with van der Waals surface area (Å²) < 4.78 is 1.91. The summed E-state index contributed by atoms with van der Waals surface area (Å²) in [5, 5.41) is 0.606. The third-order valence-electron chi connectivity index (χ3n) is 1.98. The van der Waals surface area contributed by atoms with Crippen LogP contribution in [0, 0.1) is 6.92 Å². The molecule has 1 heterocycles. The van der Waals surface area contributed by atoms with Gasteiger partial charge in [0.15, 0.2) is 0 Å². The quantitative estimate of drug-likeness (QED) is 0.434. The van der Waals surface area contributed by atoms with Gasteiger partial charge < -0.3 is 17.2 Å². The second kappa shape index (κ2) is 4.65. The van der Waals surface area contributed by atoms with E-state index >= 15 is 0 Å². The Morgan fingerprint density at radius 2 is 2.00 bits per heavy atom. The molecule has 14 heavy (non-hydrogen) atoms. The SMILES string of the molecule is Cc1ccccc1-n1ccnc1[S-].[Li+]. The van der Waals surface area contributed by atoms with Crippen LogP contribution in [0.4, 0.5) is 0 Å². The van der Waals surface area contributed by atoms with E-state index in [-0.39, 0.29) is 18.9 Å². The normalized spacial score (nSPS) is 9.50. The Morgan fingerprint density at radius 1 is 1.29 bits per heavy atom. The van der Waals surface area contributed by atoms with Gasteiger partial charge in [0.2, 0.25) is 0 Å². The maximum absolute atomic E-state index is 5.08. The first-order chi connectivity index (χ1) is 6.29. The fourth-order valence-corrected chi connectivity index (χ4v) is 1.53. The number of nitrogens with zero attached hydrogens (tertiary/aromatic N) is 2. The number of rotatable bonds is 1. The van der Waals surface area contributed by atoms with Crippen LogP contribution in [0.1, 0.15) is 5.56 Å². The molecule has 66 valence electrons. The van der Waals surface area contributed by atoms with Crippen molar-refractivity contribution in [2.75, 3.05) is 0 Å². The molecule has 0 spiro atoms. The van der Waals surface area contributed by atoms with Crippen LogP contribution in [-0.4, -0.2) is 9.55 Å². The molecular formula is C10H9LiN2S. The molecule has 0 saturated carbocycles. The van der Waals surface area contributed by atoms with Crippen LogP contribution in [0.5, 0.6) is 0 Å². The molecular weight excluding hydrogens is 187 g/mol. The van der Waals surface area contributed by atoms with Crippen LogP contribution in [0.3, 0.4) is 0 Å². The predicted molar refractivity (Wildman–Crippen MR) is 53.9 cm³/mol. The van der Waals surface area contributed by atoms with Crippen molar-refractivity contribution in [1.29, 1.82) is 0 Å². The zero-order valence-corrected chi connectivity index (χ0v) is 9.08. The van der Waals surface area contributed by atoms with Gasteiger partial charge >= 0.3 is 18.9 Å². The molecule has 0 bridgehead atoms. The topological polar surface area (TPSA) is 17.8 Å². The van der Waals surface area contributed by atoms with Crippen molar-refractivity contribution in [3.63, 3.8) is 0 Å². The molecule has 2 nitrogen and oxygen atoms in total. The van der Waals surface area contributed by atoms with Crippen molar-refractivity contribution in [1.82, 2.24) is 9.55 Å². The Hall–Kier alpha value is -0.753. The van der Waals surface area contributed by atoms with Crippen molar-refractivity contribution in [2.24, 2.45) is 0 Å². The van der Waals surface area contributed by atoms with E-state index < -0.39 is 0 Å². The number of imidazole rings is 1. The molecule has 0 aliphatic rings. The fraction of sp³-hybridized carbons (Fsp3) is 0.100. The Morgan fingerprint density at radius 3 is 2.57 bits per heavy atom. The van der Waals surface area contributed by atoms with Crippen LogP contribution in [-0.2, 0) is 12.6 Å². The van der Waals surface area contributed by atoms with E-state index in [1.54, 1.807) is 6.20 Å². The van der Waals surface area contributed by atoms with Gasteiger partial charge in [-0.2, -0.15) is 0 Å². The van der Waals surface area contributed by atoms with Gasteiger partial charge in [0.05, 0.1) is 0 Å². The summed E-state index contributed by atoms with van der Waals surface area (Å²) in [6.45, 7) is 2.06. The Labute approximate surface area is 101 Å². The minimum atomic E-state index is 0. The molecule has 0 radical (unpaired) electrons. The van der Waals surface area contributed by atoms with Gasteiger partial charge in [-0.05, 0) is 23.7 Å². The molecule has 4 heteroatoms. The largest absolute Gasteiger partial charge is 1.00 e. The zero-order chi connectivity index (χ0) is 9.26. The summed E-state index contributed by atoms with van der Waals surface area (Å²) in [5.41, 5.74) is 2.30. The standard InChI is InChI=1S/C10H10N2S.Li/c1-8-4-2-3-5-9(8)12-7-6-11-10(12)13;/h2-7H,1H3,(H,11,13);/q;+1/p-1. The first-order valence-electron chi connectivity index (χ1n) is 4.05. The summed E-state index contributed by atoms with van der Waals surface area (Å²) in [4.78, 5) is 4.01. The second-order valence-electron chi connectivity index (χ2n) is 2.87. The number of benzene rings is 1. The number of aromatic nitrogens is 2. The van der Waals surface area contributed by atoms with Gasteiger partial charge in [-0.15, -0.1) is 0 Å². The number of para-hydroxylation sites is 1. The third-order valence-corrected chi connectivity index (χ3v) is 2.28. The van der Waals surface area contributed by atoms with Crippen molar-refractivity contribution in [2.45, 2.75) is 12.1 Å². The van der Waals surface area contributed by atoms with Gasteiger partial charge in [0.1, 0.15) is 0 Å². The molecule has 1 aromatic carbocycles. The Balaban J connectivity index is 0.000000980. The monoisotopic (exact) mass is 196 g/mol. The van der Waals surface area contributed by atoms with Crippen molar-refractivity contribution < 1.29 is 18.9 Å². The molecule has 0 N–H and O–H groups in total. The van der Waals surface area contributed by atoms with Crippen molar-refractivity contribution >= 4 is 12.6 Å². The third kappa shape index (κ3) is 2.01. The molecule has 2 rings (SSSR count).